The Morgan fingerprint density at radius 1 is 0.850 bits per heavy atom. The first kappa shape index (κ1) is 12.1. The van der Waals surface area contributed by atoms with E-state index >= 15 is 0 Å². The second-order valence-electron chi connectivity index (χ2n) is 4.37. The van der Waals surface area contributed by atoms with E-state index in [1.807, 2.05) is 0 Å². The lowest BCUT2D eigenvalue weighted by molar-refractivity contribution is 0.449. The highest BCUT2D eigenvalue weighted by Gasteiger charge is 2.11. The third-order valence-electron chi connectivity index (χ3n) is 2.99. The molecule has 0 aliphatic heterocycles. The van der Waals surface area contributed by atoms with Crippen LogP contribution in [0.3, 0.4) is 0 Å². The molecule has 3 aromatic rings. The Morgan fingerprint density at radius 2 is 1.55 bits per heavy atom. The Bertz CT molecular complexity index is 864. The van der Waals surface area contributed by atoms with Crippen LogP contribution in [0.15, 0.2) is 51.7 Å². The van der Waals surface area contributed by atoms with Crippen molar-refractivity contribution < 1.29 is 19.7 Å². The van der Waals surface area contributed by atoms with E-state index in [4.69, 9.17) is 4.42 Å². The third kappa shape index (κ3) is 1.95. The Kier molecular flexibility index (Phi) is 2.61. The molecule has 20 heavy (non-hydrogen) atoms. The zero-order valence-corrected chi connectivity index (χ0v) is 10.2. The third-order valence-corrected chi connectivity index (χ3v) is 2.99. The molecule has 5 nitrogen and oxygen atoms in total. The largest absolute Gasteiger partial charge is 0.508 e. The van der Waals surface area contributed by atoms with Crippen LogP contribution in [0.5, 0.6) is 17.2 Å². The normalized spacial score (nSPS) is 10.8. The Balaban J connectivity index is 2.27. The van der Waals surface area contributed by atoms with Gasteiger partial charge in [0.1, 0.15) is 23.0 Å². The van der Waals surface area contributed by atoms with Crippen molar-refractivity contribution in [3.05, 3.63) is 52.9 Å². The van der Waals surface area contributed by atoms with Gasteiger partial charge in [-0.1, -0.05) is 6.07 Å². The lowest BCUT2D eigenvalue weighted by Crippen LogP contribution is -2.00. The van der Waals surface area contributed by atoms with Gasteiger partial charge in [-0.05, 0) is 35.7 Å². The Hall–Kier alpha value is -2.95. The first-order valence-electron chi connectivity index (χ1n) is 5.84. The van der Waals surface area contributed by atoms with Gasteiger partial charge in [-0.15, -0.1) is 0 Å². The van der Waals surface area contributed by atoms with Gasteiger partial charge in [0.05, 0.1) is 10.9 Å². The molecule has 0 aliphatic rings. The first-order chi connectivity index (χ1) is 9.54. The zero-order valence-electron chi connectivity index (χ0n) is 10.2. The van der Waals surface area contributed by atoms with E-state index in [1.165, 1.54) is 24.3 Å². The maximum Gasteiger partial charge on any atom is 0.344 e. The molecule has 1 heterocycles. The van der Waals surface area contributed by atoms with Crippen molar-refractivity contribution in [3.63, 3.8) is 0 Å². The van der Waals surface area contributed by atoms with Gasteiger partial charge in [-0.25, -0.2) is 4.79 Å². The van der Waals surface area contributed by atoms with E-state index in [-0.39, 0.29) is 28.4 Å². The average Bonchev–Trinajstić information content (AvgIpc) is 2.39. The van der Waals surface area contributed by atoms with Gasteiger partial charge < -0.3 is 19.7 Å². The van der Waals surface area contributed by atoms with Crippen LogP contribution < -0.4 is 5.63 Å². The summed E-state index contributed by atoms with van der Waals surface area (Å²) in [7, 11) is 0. The zero-order chi connectivity index (χ0) is 14.3. The highest BCUT2D eigenvalue weighted by molar-refractivity contribution is 5.86. The summed E-state index contributed by atoms with van der Waals surface area (Å²) in [5.41, 5.74) is -0.309. The van der Waals surface area contributed by atoms with Gasteiger partial charge in [-0.3, -0.25) is 0 Å². The summed E-state index contributed by atoms with van der Waals surface area (Å²) in [5, 5.41) is 29.3. The van der Waals surface area contributed by atoms with Crippen LogP contribution in [0.1, 0.15) is 0 Å². The van der Waals surface area contributed by atoms with Crippen molar-refractivity contribution in [1.29, 1.82) is 0 Å². The molecular formula is C15H10O5. The minimum absolute atomic E-state index is 0.0231. The quantitative estimate of drug-likeness (QED) is 0.632. The number of rotatable bonds is 1. The average molecular weight is 270 g/mol. The van der Waals surface area contributed by atoms with Crippen LogP contribution in [0.2, 0.25) is 0 Å². The van der Waals surface area contributed by atoms with Crippen molar-refractivity contribution in [1.82, 2.24) is 0 Å². The van der Waals surface area contributed by atoms with Crippen molar-refractivity contribution in [2.24, 2.45) is 0 Å². The molecular weight excluding hydrogens is 260 g/mol. The SMILES string of the molecule is O=c1oc(-c2ccc(O)cc2O)cc2ccc(O)cc12. The molecule has 0 bridgehead atoms. The lowest BCUT2D eigenvalue weighted by atomic mass is 10.1. The van der Waals surface area contributed by atoms with E-state index in [9.17, 15) is 20.1 Å². The molecule has 0 fully saturated rings. The number of fused-ring (bicyclic) bond motifs is 1. The molecule has 100 valence electrons. The van der Waals surface area contributed by atoms with Gasteiger partial charge in [0, 0.05) is 6.07 Å². The fourth-order valence-electron chi connectivity index (χ4n) is 2.03. The summed E-state index contributed by atoms with van der Waals surface area (Å²) in [6, 6.07) is 9.95. The predicted molar refractivity (Wildman–Crippen MR) is 72.9 cm³/mol. The second-order valence-corrected chi connectivity index (χ2v) is 4.37. The molecule has 0 aliphatic carbocycles. The Labute approximate surface area is 113 Å². The molecule has 1 aromatic heterocycles. The van der Waals surface area contributed by atoms with Crippen LogP contribution in [0, 0.1) is 0 Å². The van der Waals surface area contributed by atoms with Gasteiger partial charge in [-0.2, -0.15) is 0 Å². The van der Waals surface area contributed by atoms with Crippen molar-refractivity contribution in [2.45, 2.75) is 0 Å². The minimum atomic E-state index is -0.610. The van der Waals surface area contributed by atoms with Gasteiger partial charge in [0.2, 0.25) is 0 Å². The Morgan fingerprint density at radius 3 is 2.30 bits per heavy atom. The second kappa shape index (κ2) is 4.31. The van der Waals surface area contributed by atoms with Gasteiger partial charge in [0.15, 0.2) is 0 Å². The molecule has 0 spiro atoms. The fourth-order valence-corrected chi connectivity index (χ4v) is 2.03. The number of hydrogen-bond acceptors (Lipinski definition) is 5. The lowest BCUT2D eigenvalue weighted by Gasteiger charge is -2.05. The molecule has 0 unspecified atom stereocenters. The predicted octanol–water partition coefficient (Wildman–Crippen LogP) is 2.58. The van der Waals surface area contributed by atoms with E-state index in [0.717, 1.165) is 6.07 Å². The van der Waals surface area contributed by atoms with Crippen molar-refractivity contribution in [3.8, 4) is 28.6 Å². The van der Waals surface area contributed by atoms with Gasteiger partial charge in [0.25, 0.3) is 0 Å². The van der Waals surface area contributed by atoms with Crippen LogP contribution in [-0.2, 0) is 0 Å². The standard InChI is InChI=1S/C15H10O5/c16-9-2-1-8-5-14(20-15(19)12(8)6-9)11-4-3-10(17)7-13(11)18/h1-7,16-18H. The minimum Gasteiger partial charge on any atom is -0.508 e. The summed E-state index contributed by atoms with van der Waals surface area (Å²) in [4.78, 5) is 11.9. The molecule has 0 amide bonds. The smallest absolute Gasteiger partial charge is 0.344 e. The van der Waals surface area contributed by atoms with E-state index < -0.39 is 5.63 Å². The fraction of sp³-hybridized carbons (Fsp3) is 0. The molecule has 0 atom stereocenters. The van der Waals surface area contributed by atoms with E-state index in [0.29, 0.717) is 10.9 Å². The van der Waals surface area contributed by atoms with Gasteiger partial charge >= 0.3 is 5.63 Å². The highest BCUT2D eigenvalue weighted by atomic mass is 16.4. The van der Waals surface area contributed by atoms with Crippen molar-refractivity contribution in [2.75, 3.05) is 0 Å². The molecule has 0 saturated carbocycles. The maximum atomic E-state index is 11.9. The summed E-state index contributed by atoms with van der Waals surface area (Å²) in [6.45, 7) is 0. The maximum absolute atomic E-state index is 11.9. The number of aromatic hydroxyl groups is 3. The van der Waals surface area contributed by atoms with Crippen LogP contribution in [0.25, 0.3) is 22.1 Å². The number of benzene rings is 2. The molecule has 0 saturated heterocycles. The monoisotopic (exact) mass is 270 g/mol. The first-order valence-corrected chi connectivity index (χ1v) is 5.84. The van der Waals surface area contributed by atoms with Crippen molar-refractivity contribution >= 4 is 10.8 Å². The van der Waals surface area contributed by atoms with E-state index in [2.05, 4.69) is 0 Å². The highest BCUT2D eigenvalue weighted by Crippen LogP contribution is 2.32. The summed E-state index contributed by atoms with van der Waals surface area (Å²) < 4.78 is 5.14. The number of phenols is 3. The molecule has 0 radical (unpaired) electrons. The number of hydrogen-bond donors (Lipinski definition) is 3. The molecule has 2 aromatic carbocycles. The number of phenolic OH excluding ortho intramolecular Hbond substituents is 3. The van der Waals surface area contributed by atoms with Crippen LogP contribution >= 0.6 is 0 Å². The topological polar surface area (TPSA) is 90.9 Å². The van der Waals surface area contributed by atoms with E-state index in [1.54, 1.807) is 12.1 Å². The van der Waals surface area contributed by atoms with Crippen LogP contribution in [-0.4, -0.2) is 15.3 Å². The molecule has 5 heteroatoms. The molecule has 3 rings (SSSR count). The summed E-state index contributed by atoms with van der Waals surface area (Å²) in [5.74, 6) is -0.110. The summed E-state index contributed by atoms with van der Waals surface area (Å²) in [6.07, 6.45) is 0. The van der Waals surface area contributed by atoms with Crippen LogP contribution in [0.4, 0.5) is 0 Å². The summed E-state index contributed by atoms with van der Waals surface area (Å²) >= 11 is 0. The molecule has 3 N–H and O–H groups in total.